The Morgan fingerprint density at radius 1 is 1.38 bits per heavy atom. The van der Waals surface area contributed by atoms with Crippen molar-refractivity contribution in [1.82, 2.24) is 5.32 Å². The molecule has 92 valence electrons. The quantitative estimate of drug-likeness (QED) is 0.774. The molecule has 0 bridgehead atoms. The molecule has 1 heterocycles. The number of carboxylic acid groups (broad SMARTS) is 1. The van der Waals surface area contributed by atoms with Crippen molar-refractivity contribution in [2.24, 2.45) is 17.3 Å². The van der Waals surface area contributed by atoms with Crippen LogP contribution in [0.15, 0.2) is 0 Å². The van der Waals surface area contributed by atoms with Gasteiger partial charge in [0.15, 0.2) is 0 Å². The zero-order valence-electron chi connectivity index (χ0n) is 10.2. The minimum Gasteiger partial charge on any atom is -0.481 e. The van der Waals surface area contributed by atoms with Crippen LogP contribution in [0.4, 0.5) is 0 Å². The molecule has 1 aliphatic carbocycles. The predicted octanol–water partition coefficient (Wildman–Crippen LogP) is 2.27. The van der Waals surface area contributed by atoms with Gasteiger partial charge in [-0.05, 0) is 37.6 Å². The third-order valence-corrected chi connectivity index (χ3v) is 4.82. The van der Waals surface area contributed by atoms with Crippen LogP contribution in [0.25, 0.3) is 0 Å². The molecule has 0 aromatic heterocycles. The monoisotopic (exact) mass is 225 g/mol. The van der Waals surface area contributed by atoms with Crippen LogP contribution >= 0.6 is 0 Å². The summed E-state index contributed by atoms with van der Waals surface area (Å²) in [6.07, 6.45) is 6.78. The Morgan fingerprint density at radius 2 is 2.06 bits per heavy atom. The molecule has 1 atom stereocenters. The first kappa shape index (κ1) is 11.9. The molecule has 1 unspecified atom stereocenters. The number of hydrogen-bond acceptors (Lipinski definition) is 2. The first-order valence-corrected chi connectivity index (χ1v) is 6.63. The molecule has 2 rings (SSSR count). The van der Waals surface area contributed by atoms with Crippen LogP contribution in [0.3, 0.4) is 0 Å². The lowest BCUT2D eigenvalue weighted by atomic mass is 9.66. The summed E-state index contributed by atoms with van der Waals surface area (Å²) in [5, 5.41) is 12.7. The highest BCUT2D eigenvalue weighted by atomic mass is 16.4. The average molecular weight is 225 g/mol. The molecule has 1 aliphatic heterocycles. The van der Waals surface area contributed by atoms with E-state index in [0.717, 1.165) is 31.7 Å². The number of rotatable bonds is 3. The molecule has 2 N–H and O–H groups in total. The fourth-order valence-electron chi connectivity index (χ4n) is 3.54. The fraction of sp³-hybridized carbons (Fsp3) is 0.923. The Bertz CT molecular complexity index is 251. The Labute approximate surface area is 97.6 Å². The van der Waals surface area contributed by atoms with Crippen LogP contribution in [0, 0.1) is 17.3 Å². The van der Waals surface area contributed by atoms with E-state index in [1.807, 2.05) is 0 Å². The second-order valence-electron chi connectivity index (χ2n) is 5.51. The molecule has 0 amide bonds. The van der Waals surface area contributed by atoms with E-state index in [2.05, 4.69) is 12.2 Å². The number of carbonyl (C=O) groups is 1. The summed E-state index contributed by atoms with van der Waals surface area (Å²) < 4.78 is 0. The van der Waals surface area contributed by atoms with E-state index in [0.29, 0.717) is 12.5 Å². The van der Waals surface area contributed by atoms with Gasteiger partial charge in [0.25, 0.3) is 0 Å². The van der Waals surface area contributed by atoms with Crippen molar-refractivity contribution in [1.29, 1.82) is 0 Å². The van der Waals surface area contributed by atoms with E-state index < -0.39 is 11.4 Å². The lowest BCUT2D eigenvalue weighted by Crippen LogP contribution is -2.42. The largest absolute Gasteiger partial charge is 0.481 e. The van der Waals surface area contributed by atoms with Gasteiger partial charge >= 0.3 is 5.97 Å². The minimum atomic E-state index is -0.572. The van der Waals surface area contributed by atoms with Crippen LogP contribution in [0.2, 0.25) is 0 Å². The van der Waals surface area contributed by atoms with Crippen LogP contribution in [0.1, 0.15) is 45.4 Å². The van der Waals surface area contributed by atoms with Gasteiger partial charge in [0.2, 0.25) is 0 Å². The van der Waals surface area contributed by atoms with Crippen LogP contribution < -0.4 is 5.32 Å². The Balaban J connectivity index is 2.03. The van der Waals surface area contributed by atoms with Gasteiger partial charge in [-0.2, -0.15) is 0 Å². The second kappa shape index (κ2) is 4.74. The number of carboxylic acids is 1. The summed E-state index contributed by atoms with van der Waals surface area (Å²) in [5.74, 6) is 0.678. The summed E-state index contributed by atoms with van der Waals surface area (Å²) in [4.78, 5) is 11.5. The van der Waals surface area contributed by atoms with E-state index in [1.54, 1.807) is 0 Å². The summed E-state index contributed by atoms with van der Waals surface area (Å²) in [6.45, 7) is 3.80. The van der Waals surface area contributed by atoms with Gasteiger partial charge in [0.05, 0.1) is 5.41 Å². The van der Waals surface area contributed by atoms with Crippen molar-refractivity contribution in [3.63, 3.8) is 0 Å². The SMILES string of the molecule is CCC1CCC(C2(C(=O)O)CCNC2)CC1. The minimum absolute atomic E-state index is 0.405. The molecule has 3 nitrogen and oxygen atoms in total. The smallest absolute Gasteiger partial charge is 0.311 e. The molecule has 1 saturated carbocycles. The molecule has 0 aromatic carbocycles. The van der Waals surface area contributed by atoms with Gasteiger partial charge < -0.3 is 10.4 Å². The van der Waals surface area contributed by atoms with Crippen LogP contribution in [-0.4, -0.2) is 24.2 Å². The zero-order chi connectivity index (χ0) is 11.6. The molecule has 16 heavy (non-hydrogen) atoms. The highest BCUT2D eigenvalue weighted by Crippen LogP contribution is 2.44. The van der Waals surface area contributed by atoms with E-state index in [1.165, 1.54) is 19.3 Å². The Kier molecular flexibility index (Phi) is 3.53. The van der Waals surface area contributed by atoms with Crippen molar-refractivity contribution in [2.45, 2.75) is 45.4 Å². The third kappa shape index (κ3) is 1.97. The topological polar surface area (TPSA) is 49.3 Å². The van der Waals surface area contributed by atoms with E-state index in [-0.39, 0.29) is 0 Å². The molecule has 1 saturated heterocycles. The summed E-state index contributed by atoms with van der Waals surface area (Å²) in [6, 6.07) is 0. The van der Waals surface area contributed by atoms with Crippen molar-refractivity contribution in [2.75, 3.05) is 13.1 Å². The first-order valence-electron chi connectivity index (χ1n) is 6.63. The van der Waals surface area contributed by atoms with Crippen molar-refractivity contribution in [3.05, 3.63) is 0 Å². The number of aliphatic carboxylic acids is 1. The fourth-order valence-corrected chi connectivity index (χ4v) is 3.54. The Morgan fingerprint density at radius 3 is 2.50 bits per heavy atom. The molecular formula is C13H23NO2. The van der Waals surface area contributed by atoms with Crippen molar-refractivity contribution >= 4 is 5.97 Å². The lowest BCUT2D eigenvalue weighted by Gasteiger charge is -2.38. The molecular weight excluding hydrogens is 202 g/mol. The predicted molar refractivity (Wildman–Crippen MR) is 63.3 cm³/mol. The maximum absolute atomic E-state index is 11.5. The van der Waals surface area contributed by atoms with Gasteiger partial charge in [-0.25, -0.2) is 0 Å². The molecule has 0 radical (unpaired) electrons. The van der Waals surface area contributed by atoms with Crippen molar-refractivity contribution < 1.29 is 9.90 Å². The van der Waals surface area contributed by atoms with E-state index >= 15 is 0 Å². The maximum atomic E-state index is 11.5. The van der Waals surface area contributed by atoms with Gasteiger partial charge in [0.1, 0.15) is 0 Å². The van der Waals surface area contributed by atoms with Gasteiger partial charge in [-0.15, -0.1) is 0 Å². The molecule has 0 aromatic rings. The number of nitrogens with one attached hydrogen (secondary N) is 1. The summed E-state index contributed by atoms with van der Waals surface area (Å²) >= 11 is 0. The molecule has 0 spiro atoms. The highest BCUT2D eigenvalue weighted by molar-refractivity contribution is 5.76. The van der Waals surface area contributed by atoms with Crippen molar-refractivity contribution in [3.8, 4) is 0 Å². The zero-order valence-corrected chi connectivity index (χ0v) is 10.2. The van der Waals surface area contributed by atoms with Gasteiger partial charge in [0, 0.05) is 6.54 Å². The Hall–Kier alpha value is -0.570. The van der Waals surface area contributed by atoms with Gasteiger partial charge in [-0.1, -0.05) is 26.2 Å². The summed E-state index contributed by atoms with van der Waals surface area (Å²) in [5.41, 5.74) is -0.446. The number of hydrogen-bond donors (Lipinski definition) is 2. The molecule has 2 aliphatic rings. The standard InChI is InChI=1S/C13H23NO2/c1-2-10-3-5-11(6-4-10)13(12(15)16)7-8-14-9-13/h10-11,14H,2-9H2,1H3,(H,15,16). The molecule has 3 heteroatoms. The summed E-state index contributed by atoms with van der Waals surface area (Å²) in [7, 11) is 0. The van der Waals surface area contributed by atoms with Crippen LogP contribution in [0.5, 0.6) is 0 Å². The lowest BCUT2D eigenvalue weighted by molar-refractivity contribution is -0.152. The van der Waals surface area contributed by atoms with Crippen LogP contribution in [-0.2, 0) is 4.79 Å². The van der Waals surface area contributed by atoms with Gasteiger partial charge in [-0.3, -0.25) is 4.79 Å². The maximum Gasteiger partial charge on any atom is 0.311 e. The normalized spacial score (nSPS) is 39.8. The second-order valence-corrected chi connectivity index (χ2v) is 5.51. The van der Waals surface area contributed by atoms with E-state index in [4.69, 9.17) is 0 Å². The third-order valence-electron chi connectivity index (χ3n) is 4.82. The van der Waals surface area contributed by atoms with E-state index in [9.17, 15) is 9.90 Å². The highest BCUT2D eigenvalue weighted by Gasteiger charge is 2.48. The first-order chi connectivity index (χ1) is 7.69. The molecule has 2 fully saturated rings. The average Bonchev–Trinajstić information content (AvgIpc) is 2.79.